The SMILES string of the molecule is CCC(C)(C)C(=O)OCC(=O)OC1CCCC1C(C)(C)COC. The summed E-state index contributed by atoms with van der Waals surface area (Å²) in [5, 5.41) is 0. The fourth-order valence-corrected chi connectivity index (χ4v) is 3.11. The van der Waals surface area contributed by atoms with Crippen molar-refractivity contribution in [3.05, 3.63) is 0 Å². The molecule has 1 aliphatic carbocycles. The van der Waals surface area contributed by atoms with Crippen LogP contribution >= 0.6 is 0 Å². The van der Waals surface area contributed by atoms with E-state index in [9.17, 15) is 9.59 Å². The van der Waals surface area contributed by atoms with Crippen LogP contribution in [0, 0.1) is 16.7 Å². The van der Waals surface area contributed by atoms with Crippen LogP contribution in [0.5, 0.6) is 0 Å². The topological polar surface area (TPSA) is 61.8 Å². The zero-order valence-corrected chi connectivity index (χ0v) is 15.4. The van der Waals surface area contributed by atoms with Crippen LogP contribution in [0.15, 0.2) is 0 Å². The quantitative estimate of drug-likeness (QED) is 0.639. The highest BCUT2D eigenvalue weighted by Gasteiger charge is 2.41. The Morgan fingerprint density at radius 2 is 1.78 bits per heavy atom. The molecule has 1 rings (SSSR count). The predicted octanol–water partition coefficient (Wildman–Crippen LogP) is 3.35. The maximum absolute atomic E-state index is 12.0. The van der Waals surface area contributed by atoms with E-state index in [1.807, 2.05) is 6.92 Å². The number of methoxy groups -OCH3 is 1. The van der Waals surface area contributed by atoms with Gasteiger partial charge in [0.1, 0.15) is 6.10 Å². The molecule has 1 saturated carbocycles. The van der Waals surface area contributed by atoms with Gasteiger partial charge < -0.3 is 14.2 Å². The summed E-state index contributed by atoms with van der Waals surface area (Å²) in [4.78, 5) is 23.9. The van der Waals surface area contributed by atoms with E-state index in [4.69, 9.17) is 14.2 Å². The number of carbonyl (C=O) groups excluding carboxylic acids is 2. The minimum atomic E-state index is -0.573. The fourth-order valence-electron chi connectivity index (χ4n) is 3.11. The smallest absolute Gasteiger partial charge is 0.344 e. The number of esters is 2. The van der Waals surface area contributed by atoms with Crippen molar-refractivity contribution in [3.63, 3.8) is 0 Å². The molecule has 0 aliphatic heterocycles. The first-order valence-corrected chi connectivity index (χ1v) is 8.49. The molecule has 2 unspecified atom stereocenters. The van der Waals surface area contributed by atoms with Gasteiger partial charge in [0, 0.05) is 13.0 Å². The van der Waals surface area contributed by atoms with Crippen molar-refractivity contribution in [1.82, 2.24) is 0 Å². The van der Waals surface area contributed by atoms with Gasteiger partial charge in [-0.1, -0.05) is 20.8 Å². The molecule has 134 valence electrons. The molecule has 0 N–H and O–H groups in total. The molecule has 0 heterocycles. The zero-order chi connectivity index (χ0) is 17.7. The van der Waals surface area contributed by atoms with Crippen molar-refractivity contribution in [2.45, 2.75) is 66.4 Å². The minimum Gasteiger partial charge on any atom is -0.460 e. The van der Waals surface area contributed by atoms with E-state index in [0.717, 1.165) is 19.3 Å². The van der Waals surface area contributed by atoms with E-state index >= 15 is 0 Å². The van der Waals surface area contributed by atoms with Gasteiger partial charge in [0.25, 0.3) is 0 Å². The first-order chi connectivity index (χ1) is 10.6. The van der Waals surface area contributed by atoms with Crippen molar-refractivity contribution in [1.29, 1.82) is 0 Å². The molecule has 0 amide bonds. The molecule has 0 saturated heterocycles. The maximum Gasteiger partial charge on any atom is 0.344 e. The van der Waals surface area contributed by atoms with Crippen LogP contribution in [0.3, 0.4) is 0 Å². The summed E-state index contributed by atoms with van der Waals surface area (Å²) in [6.07, 6.45) is 3.47. The van der Waals surface area contributed by atoms with Gasteiger partial charge >= 0.3 is 11.9 Å². The number of carbonyl (C=O) groups is 2. The number of hydrogen-bond acceptors (Lipinski definition) is 5. The van der Waals surface area contributed by atoms with E-state index in [1.54, 1.807) is 21.0 Å². The Kier molecular flexibility index (Phi) is 7.05. The molecule has 1 aliphatic rings. The summed E-state index contributed by atoms with van der Waals surface area (Å²) < 4.78 is 16.0. The monoisotopic (exact) mass is 328 g/mol. The molecule has 1 fully saturated rings. The summed E-state index contributed by atoms with van der Waals surface area (Å²) in [7, 11) is 1.69. The second-order valence-electron chi connectivity index (χ2n) is 7.80. The van der Waals surface area contributed by atoms with E-state index in [2.05, 4.69) is 13.8 Å². The fraction of sp³-hybridized carbons (Fsp3) is 0.889. The van der Waals surface area contributed by atoms with Crippen molar-refractivity contribution in [3.8, 4) is 0 Å². The normalized spacial score (nSPS) is 22.0. The number of hydrogen-bond donors (Lipinski definition) is 0. The van der Waals surface area contributed by atoms with Crippen molar-refractivity contribution >= 4 is 11.9 Å². The third-order valence-corrected chi connectivity index (χ3v) is 5.01. The first-order valence-electron chi connectivity index (χ1n) is 8.49. The molecular weight excluding hydrogens is 296 g/mol. The molecule has 0 aromatic carbocycles. The van der Waals surface area contributed by atoms with Gasteiger partial charge in [-0.25, -0.2) is 4.79 Å². The van der Waals surface area contributed by atoms with Gasteiger partial charge in [0.05, 0.1) is 12.0 Å². The molecule has 0 aromatic heterocycles. The molecule has 5 nitrogen and oxygen atoms in total. The average molecular weight is 328 g/mol. The highest BCUT2D eigenvalue weighted by Crippen LogP contribution is 2.41. The molecule has 5 heteroatoms. The van der Waals surface area contributed by atoms with Gasteiger partial charge in [0.15, 0.2) is 6.61 Å². The largest absolute Gasteiger partial charge is 0.460 e. The summed E-state index contributed by atoms with van der Waals surface area (Å²) in [6.45, 7) is 10.1. The minimum absolute atomic E-state index is 0.0446. The van der Waals surface area contributed by atoms with Gasteiger partial charge in [0.2, 0.25) is 0 Å². The second-order valence-corrected chi connectivity index (χ2v) is 7.80. The molecule has 2 atom stereocenters. The third-order valence-electron chi connectivity index (χ3n) is 5.01. The van der Waals surface area contributed by atoms with Gasteiger partial charge in [-0.2, -0.15) is 0 Å². The van der Waals surface area contributed by atoms with Gasteiger partial charge in [-0.3, -0.25) is 4.79 Å². The lowest BCUT2D eigenvalue weighted by Crippen LogP contribution is -2.37. The Labute approximate surface area is 140 Å². The van der Waals surface area contributed by atoms with Crippen LogP contribution in [0.4, 0.5) is 0 Å². The van der Waals surface area contributed by atoms with E-state index in [0.29, 0.717) is 13.0 Å². The molecule has 0 aromatic rings. The van der Waals surface area contributed by atoms with Crippen LogP contribution in [-0.2, 0) is 23.8 Å². The summed E-state index contributed by atoms with van der Waals surface area (Å²) in [5.74, 6) is -0.552. The zero-order valence-electron chi connectivity index (χ0n) is 15.4. The van der Waals surface area contributed by atoms with Crippen LogP contribution in [0.2, 0.25) is 0 Å². The van der Waals surface area contributed by atoms with Crippen LogP contribution in [0.1, 0.15) is 60.3 Å². The lowest BCUT2D eigenvalue weighted by Gasteiger charge is -2.34. The molecule has 23 heavy (non-hydrogen) atoms. The molecule has 0 spiro atoms. The Morgan fingerprint density at radius 1 is 1.13 bits per heavy atom. The van der Waals surface area contributed by atoms with Crippen molar-refractivity contribution in [2.24, 2.45) is 16.7 Å². The van der Waals surface area contributed by atoms with Crippen molar-refractivity contribution < 1.29 is 23.8 Å². The molecule has 0 radical (unpaired) electrons. The van der Waals surface area contributed by atoms with E-state index in [-0.39, 0.29) is 30.0 Å². The molecular formula is C18H32O5. The van der Waals surface area contributed by atoms with E-state index in [1.165, 1.54) is 0 Å². The second kappa shape index (κ2) is 8.13. The van der Waals surface area contributed by atoms with E-state index < -0.39 is 11.4 Å². The van der Waals surface area contributed by atoms with Crippen LogP contribution < -0.4 is 0 Å². The van der Waals surface area contributed by atoms with Gasteiger partial charge in [-0.15, -0.1) is 0 Å². The summed E-state index contributed by atoms with van der Waals surface area (Å²) in [6, 6.07) is 0. The highest BCUT2D eigenvalue weighted by molar-refractivity contribution is 5.79. The molecule has 0 bridgehead atoms. The van der Waals surface area contributed by atoms with Crippen molar-refractivity contribution in [2.75, 3.05) is 20.3 Å². The number of ether oxygens (including phenoxy) is 3. The lowest BCUT2D eigenvalue weighted by molar-refractivity contribution is -0.169. The Morgan fingerprint density at radius 3 is 2.35 bits per heavy atom. The first kappa shape index (κ1) is 19.9. The van der Waals surface area contributed by atoms with Crippen LogP contribution in [0.25, 0.3) is 0 Å². The Balaban J connectivity index is 2.52. The Hall–Kier alpha value is -1.10. The maximum atomic E-state index is 12.0. The predicted molar refractivity (Wildman–Crippen MR) is 87.9 cm³/mol. The summed E-state index contributed by atoms with van der Waals surface area (Å²) >= 11 is 0. The van der Waals surface area contributed by atoms with Gasteiger partial charge in [-0.05, 0) is 44.9 Å². The lowest BCUT2D eigenvalue weighted by atomic mass is 9.77. The highest BCUT2D eigenvalue weighted by atomic mass is 16.6. The van der Waals surface area contributed by atoms with Crippen LogP contribution in [-0.4, -0.2) is 38.4 Å². The Bertz CT molecular complexity index is 414. The average Bonchev–Trinajstić information content (AvgIpc) is 2.93. The summed E-state index contributed by atoms with van der Waals surface area (Å²) in [5.41, 5.74) is -0.617. The third kappa shape index (κ3) is 5.48. The standard InChI is InChI=1S/C18H32O5/c1-7-17(2,3)16(20)22-11-15(19)23-14-10-8-9-13(14)18(4,5)12-21-6/h13-14H,7-12H2,1-6H3. The number of rotatable bonds is 8.